The number of nitrogens with one attached hydrogen (secondary N) is 2. The van der Waals surface area contributed by atoms with Gasteiger partial charge in [-0.2, -0.15) is 0 Å². The Hall–Kier alpha value is -2.87. The summed E-state index contributed by atoms with van der Waals surface area (Å²) in [5, 5.41) is 0.784. The Labute approximate surface area is 137 Å². The highest BCUT2D eigenvalue weighted by molar-refractivity contribution is 7.90. The summed E-state index contributed by atoms with van der Waals surface area (Å²) in [6.07, 6.45) is 1.73. The number of hydrogen-bond donors (Lipinski definition) is 2. The van der Waals surface area contributed by atoms with E-state index in [9.17, 15) is 17.6 Å². The van der Waals surface area contributed by atoms with Crippen molar-refractivity contribution in [2.24, 2.45) is 0 Å². The van der Waals surface area contributed by atoms with Crippen LogP contribution in [-0.4, -0.2) is 25.9 Å². The summed E-state index contributed by atoms with van der Waals surface area (Å²) >= 11 is 0. The monoisotopic (exact) mass is 348 g/mol. The molecule has 0 atom stereocenters. The lowest BCUT2D eigenvalue weighted by molar-refractivity contribution is -0.121. The van der Waals surface area contributed by atoms with Gasteiger partial charge < -0.3 is 9.72 Å². The van der Waals surface area contributed by atoms with E-state index in [2.05, 4.69) is 4.98 Å². The number of H-pyrrole nitrogens is 1. The predicted molar refractivity (Wildman–Crippen MR) is 85.5 cm³/mol. The van der Waals surface area contributed by atoms with Crippen molar-refractivity contribution in [1.29, 1.82) is 0 Å². The fourth-order valence-corrected chi connectivity index (χ4v) is 3.15. The third kappa shape index (κ3) is 3.38. The summed E-state index contributed by atoms with van der Waals surface area (Å²) < 4.78 is 44.2. The van der Waals surface area contributed by atoms with Gasteiger partial charge in [-0.1, -0.05) is 6.07 Å². The van der Waals surface area contributed by atoms with E-state index in [0.29, 0.717) is 5.75 Å². The topological polar surface area (TPSA) is 88.3 Å². The summed E-state index contributed by atoms with van der Waals surface area (Å²) in [5.74, 6) is -0.932. The molecule has 0 bridgehead atoms. The van der Waals surface area contributed by atoms with Gasteiger partial charge in [0.1, 0.15) is 11.6 Å². The Morgan fingerprint density at radius 1 is 1.12 bits per heavy atom. The zero-order valence-electron chi connectivity index (χ0n) is 12.3. The molecule has 1 heterocycles. The van der Waals surface area contributed by atoms with E-state index in [0.717, 1.165) is 35.2 Å². The lowest BCUT2D eigenvalue weighted by Gasteiger charge is -2.09. The molecule has 0 aliphatic heterocycles. The minimum absolute atomic E-state index is 0.204. The number of carbonyl (C=O) groups excluding carboxylic acids is 1. The van der Waals surface area contributed by atoms with Gasteiger partial charge >= 0.3 is 0 Å². The van der Waals surface area contributed by atoms with Gasteiger partial charge in [-0.15, -0.1) is 0 Å². The average molecular weight is 348 g/mol. The number of carbonyl (C=O) groups is 1. The molecule has 0 aliphatic carbocycles. The predicted octanol–water partition coefficient (Wildman–Crippen LogP) is 2.19. The molecule has 8 heteroatoms. The van der Waals surface area contributed by atoms with Gasteiger partial charge in [0.2, 0.25) is 0 Å². The van der Waals surface area contributed by atoms with Crippen LogP contribution in [0.5, 0.6) is 5.75 Å². The van der Waals surface area contributed by atoms with Crippen molar-refractivity contribution < 1.29 is 22.3 Å². The molecule has 0 aliphatic rings. The van der Waals surface area contributed by atoms with E-state index in [-0.39, 0.29) is 4.90 Å². The number of fused-ring (bicyclic) bond motifs is 1. The Kier molecular flexibility index (Phi) is 4.22. The molecule has 24 heavy (non-hydrogen) atoms. The van der Waals surface area contributed by atoms with Crippen molar-refractivity contribution >= 4 is 26.8 Å². The lowest BCUT2D eigenvalue weighted by Crippen LogP contribution is -2.34. The van der Waals surface area contributed by atoms with E-state index in [4.69, 9.17) is 4.74 Å². The molecule has 0 unspecified atom stereocenters. The highest BCUT2D eigenvalue weighted by Crippen LogP contribution is 2.24. The Bertz CT molecular complexity index is 981. The van der Waals surface area contributed by atoms with E-state index in [1.807, 2.05) is 10.8 Å². The van der Waals surface area contributed by atoms with Crippen LogP contribution < -0.4 is 9.46 Å². The Morgan fingerprint density at radius 3 is 2.62 bits per heavy atom. The van der Waals surface area contributed by atoms with Crippen LogP contribution in [0.1, 0.15) is 0 Å². The van der Waals surface area contributed by atoms with Gasteiger partial charge in [0, 0.05) is 17.1 Å². The van der Waals surface area contributed by atoms with E-state index in [1.165, 1.54) is 0 Å². The number of amides is 1. The van der Waals surface area contributed by atoms with Crippen LogP contribution in [0, 0.1) is 5.82 Å². The van der Waals surface area contributed by atoms with Crippen LogP contribution in [0.3, 0.4) is 0 Å². The number of halogens is 1. The first-order valence-electron chi connectivity index (χ1n) is 6.96. The van der Waals surface area contributed by atoms with Gasteiger partial charge in [-0.3, -0.25) is 4.79 Å². The molecule has 0 fully saturated rings. The van der Waals surface area contributed by atoms with E-state index in [1.54, 1.807) is 24.4 Å². The molecule has 0 spiro atoms. The first-order chi connectivity index (χ1) is 11.5. The molecule has 1 amide bonds. The third-order valence-corrected chi connectivity index (χ3v) is 4.68. The summed E-state index contributed by atoms with van der Waals surface area (Å²) in [5.41, 5.74) is 0.840. The molecule has 0 radical (unpaired) electrons. The lowest BCUT2D eigenvalue weighted by atomic mass is 10.2. The van der Waals surface area contributed by atoms with Crippen LogP contribution in [0.25, 0.3) is 10.9 Å². The number of rotatable bonds is 5. The zero-order valence-corrected chi connectivity index (χ0v) is 13.1. The number of ether oxygens (including phenoxy) is 1. The van der Waals surface area contributed by atoms with Gasteiger partial charge in [0.25, 0.3) is 15.9 Å². The molecule has 0 saturated heterocycles. The molecule has 2 aromatic carbocycles. The van der Waals surface area contributed by atoms with Gasteiger partial charge in [0.05, 0.1) is 4.90 Å². The zero-order chi connectivity index (χ0) is 17.2. The molecule has 3 aromatic rings. The average Bonchev–Trinajstić information content (AvgIpc) is 3.02. The molecule has 6 nitrogen and oxygen atoms in total. The van der Waals surface area contributed by atoms with Crippen LogP contribution in [-0.2, 0) is 14.8 Å². The highest BCUT2D eigenvalue weighted by atomic mass is 32.2. The number of aromatic amines is 1. The number of hydrogen-bond acceptors (Lipinski definition) is 4. The second-order valence-electron chi connectivity index (χ2n) is 4.97. The maximum absolute atomic E-state index is 12.8. The molecular weight excluding hydrogens is 335 g/mol. The minimum atomic E-state index is -4.06. The minimum Gasteiger partial charge on any atom is -0.483 e. The largest absolute Gasteiger partial charge is 0.483 e. The molecular formula is C16H13FN2O4S. The fourth-order valence-electron chi connectivity index (χ4n) is 2.18. The third-order valence-electron chi connectivity index (χ3n) is 3.29. The molecule has 124 valence electrons. The summed E-state index contributed by atoms with van der Waals surface area (Å²) in [7, 11) is -4.06. The summed E-state index contributed by atoms with van der Waals surface area (Å²) in [6.45, 7) is -0.468. The summed E-state index contributed by atoms with van der Waals surface area (Å²) in [4.78, 5) is 14.7. The SMILES string of the molecule is O=C(COc1cccc2[nH]ccc12)NS(=O)(=O)c1ccc(F)cc1. The molecule has 0 saturated carbocycles. The highest BCUT2D eigenvalue weighted by Gasteiger charge is 2.18. The van der Waals surface area contributed by atoms with Crippen molar-refractivity contribution in [3.63, 3.8) is 0 Å². The van der Waals surface area contributed by atoms with Crippen molar-refractivity contribution in [3.05, 3.63) is 60.5 Å². The molecule has 1 aromatic heterocycles. The summed E-state index contributed by atoms with van der Waals surface area (Å²) in [6, 6.07) is 11.2. The smallest absolute Gasteiger partial charge is 0.271 e. The normalized spacial score (nSPS) is 11.4. The maximum atomic E-state index is 12.8. The van der Waals surface area contributed by atoms with Crippen LogP contribution in [0.15, 0.2) is 59.6 Å². The first-order valence-corrected chi connectivity index (χ1v) is 8.44. The van der Waals surface area contributed by atoms with Crippen LogP contribution in [0.4, 0.5) is 4.39 Å². The Morgan fingerprint density at radius 2 is 1.88 bits per heavy atom. The number of benzene rings is 2. The maximum Gasteiger partial charge on any atom is 0.271 e. The second kappa shape index (κ2) is 6.32. The van der Waals surface area contributed by atoms with Crippen molar-refractivity contribution in [2.45, 2.75) is 4.90 Å². The first kappa shape index (κ1) is 16.0. The molecule has 3 rings (SSSR count). The number of sulfonamides is 1. The van der Waals surface area contributed by atoms with Gasteiger partial charge in [0.15, 0.2) is 6.61 Å². The van der Waals surface area contributed by atoms with Gasteiger partial charge in [-0.25, -0.2) is 17.5 Å². The van der Waals surface area contributed by atoms with Gasteiger partial charge in [-0.05, 0) is 42.5 Å². The van der Waals surface area contributed by atoms with Crippen molar-refractivity contribution in [3.8, 4) is 5.75 Å². The van der Waals surface area contributed by atoms with E-state index < -0.39 is 28.4 Å². The number of aromatic nitrogens is 1. The van der Waals surface area contributed by atoms with Crippen LogP contribution >= 0.6 is 0 Å². The van der Waals surface area contributed by atoms with Crippen molar-refractivity contribution in [1.82, 2.24) is 9.71 Å². The van der Waals surface area contributed by atoms with Crippen molar-refractivity contribution in [2.75, 3.05) is 6.61 Å². The quantitative estimate of drug-likeness (QED) is 0.740. The van der Waals surface area contributed by atoms with Crippen LogP contribution in [0.2, 0.25) is 0 Å². The second-order valence-corrected chi connectivity index (χ2v) is 6.65. The fraction of sp³-hybridized carbons (Fsp3) is 0.0625. The van der Waals surface area contributed by atoms with E-state index >= 15 is 0 Å². The molecule has 2 N–H and O–H groups in total. The Balaban J connectivity index is 1.67. The standard InChI is InChI=1S/C16H13FN2O4S/c17-11-4-6-12(7-5-11)24(21,22)19-16(20)10-23-15-3-1-2-14-13(15)8-9-18-14/h1-9,18H,10H2,(H,19,20).